The molecule has 9 heteroatoms. The third-order valence-electron chi connectivity index (χ3n) is 4.02. The average molecular weight is 371 g/mol. The van der Waals surface area contributed by atoms with Gasteiger partial charge in [0.25, 0.3) is 0 Å². The van der Waals surface area contributed by atoms with Gasteiger partial charge in [0.05, 0.1) is 26.1 Å². The van der Waals surface area contributed by atoms with Gasteiger partial charge in [-0.3, -0.25) is 0 Å². The zero-order valence-electron chi connectivity index (χ0n) is 15.7. The molecule has 1 aliphatic heterocycles. The summed E-state index contributed by atoms with van der Waals surface area (Å²) in [5.41, 5.74) is 2.16. The van der Waals surface area contributed by atoms with Crippen molar-refractivity contribution in [3.8, 4) is 11.6 Å². The van der Waals surface area contributed by atoms with Crippen molar-refractivity contribution in [1.29, 1.82) is 0 Å². The van der Waals surface area contributed by atoms with Crippen LogP contribution in [0, 0.1) is 0 Å². The van der Waals surface area contributed by atoms with Crippen LogP contribution in [0.5, 0.6) is 11.6 Å². The third kappa shape index (κ3) is 5.03. The van der Waals surface area contributed by atoms with Gasteiger partial charge >= 0.3 is 13.1 Å². The monoisotopic (exact) mass is 371 g/mol. The van der Waals surface area contributed by atoms with Crippen LogP contribution < -0.4 is 10.2 Å². The van der Waals surface area contributed by atoms with Crippen LogP contribution in [0.3, 0.4) is 0 Å². The first-order valence-corrected chi connectivity index (χ1v) is 8.66. The topological polar surface area (TPSA) is 83.0 Å². The van der Waals surface area contributed by atoms with E-state index in [9.17, 15) is 4.79 Å². The Bertz CT molecular complexity index is 785. The number of nitrogens with zero attached hydrogens (tertiary/aromatic N) is 3. The molecule has 2 aromatic rings. The lowest BCUT2D eigenvalue weighted by molar-refractivity contribution is 0.0593. The first kappa shape index (κ1) is 19.3. The van der Waals surface area contributed by atoms with E-state index in [0.717, 1.165) is 24.0 Å². The van der Waals surface area contributed by atoms with Crippen LogP contribution in [0.4, 0.5) is 0 Å². The second-order valence-electron chi connectivity index (χ2n) is 6.36. The Balaban J connectivity index is 1.59. The van der Waals surface area contributed by atoms with Crippen molar-refractivity contribution in [1.82, 2.24) is 14.9 Å². The van der Waals surface area contributed by atoms with Gasteiger partial charge in [0.1, 0.15) is 5.75 Å². The van der Waals surface area contributed by atoms with Crippen molar-refractivity contribution < 1.29 is 23.6 Å². The van der Waals surface area contributed by atoms with Gasteiger partial charge in [-0.25, -0.2) is 14.8 Å². The van der Waals surface area contributed by atoms with Crippen molar-refractivity contribution in [3.05, 3.63) is 41.9 Å². The number of fused-ring (bicyclic) bond motifs is 1. The van der Waals surface area contributed by atoms with E-state index in [2.05, 4.69) is 19.6 Å². The molecule has 0 unspecified atom stereocenters. The van der Waals surface area contributed by atoms with E-state index >= 15 is 0 Å². The minimum Gasteiger partial charge on any atom is -0.464 e. The van der Waals surface area contributed by atoms with E-state index in [0.29, 0.717) is 19.0 Å². The van der Waals surface area contributed by atoms with Crippen LogP contribution in [0.1, 0.15) is 22.5 Å². The van der Waals surface area contributed by atoms with Crippen LogP contribution in [-0.2, 0) is 20.7 Å². The van der Waals surface area contributed by atoms with E-state index in [1.807, 2.05) is 32.3 Å². The first-order valence-electron chi connectivity index (χ1n) is 8.66. The maximum absolute atomic E-state index is 11.4. The van der Waals surface area contributed by atoms with Crippen molar-refractivity contribution >= 4 is 18.6 Å². The summed E-state index contributed by atoms with van der Waals surface area (Å²) in [6.07, 6.45) is 3.64. The minimum absolute atomic E-state index is 0.126. The Labute approximate surface area is 158 Å². The zero-order valence-corrected chi connectivity index (χ0v) is 15.7. The van der Waals surface area contributed by atoms with E-state index < -0.39 is 5.97 Å². The largest absolute Gasteiger partial charge is 0.494 e. The molecule has 1 aromatic carbocycles. The molecule has 8 nitrogen and oxygen atoms in total. The molecule has 142 valence electrons. The number of hydrogen-bond acceptors (Lipinski definition) is 8. The summed E-state index contributed by atoms with van der Waals surface area (Å²) >= 11 is 0. The summed E-state index contributed by atoms with van der Waals surface area (Å²) in [7, 11) is 5.03. The summed E-state index contributed by atoms with van der Waals surface area (Å²) < 4.78 is 21.8. The number of rotatable bonds is 8. The fourth-order valence-corrected chi connectivity index (χ4v) is 2.66. The highest BCUT2D eigenvalue weighted by Crippen LogP contribution is 2.22. The highest BCUT2D eigenvalue weighted by Gasteiger charge is 2.30. The number of aromatic nitrogens is 2. The molecular weight excluding hydrogens is 349 g/mol. The van der Waals surface area contributed by atoms with Crippen LogP contribution in [0.25, 0.3) is 0 Å². The van der Waals surface area contributed by atoms with Crippen molar-refractivity contribution in [2.45, 2.75) is 13.0 Å². The van der Waals surface area contributed by atoms with Crippen LogP contribution >= 0.6 is 0 Å². The molecule has 0 atom stereocenters. The van der Waals surface area contributed by atoms with Gasteiger partial charge in [-0.2, -0.15) is 0 Å². The molecule has 0 N–H and O–H groups in total. The van der Waals surface area contributed by atoms with Gasteiger partial charge in [0.2, 0.25) is 5.88 Å². The first-order chi connectivity index (χ1) is 13.1. The molecule has 0 saturated heterocycles. The number of carbonyl (C=O) groups excluding carboxylic acids is 1. The van der Waals surface area contributed by atoms with E-state index in [-0.39, 0.29) is 18.7 Å². The molecule has 0 fully saturated rings. The molecule has 2 heterocycles. The van der Waals surface area contributed by atoms with Gasteiger partial charge in [-0.1, -0.05) is 6.07 Å². The lowest BCUT2D eigenvalue weighted by atomic mass is 9.79. The molecular formula is C18H22BN3O5. The quantitative estimate of drug-likeness (QED) is 0.390. The molecule has 0 amide bonds. The molecule has 27 heavy (non-hydrogen) atoms. The summed E-state index contributed by atoms with van der Waals surface area (Å²) in [5, 5.41) is 0. The Kier molecular flexibility index (Phi) is 6.38. The highest BCUT2D eigenvalue weighted by atomic mass is 16.6. The maximum Gasteiger partial charge on any atom is 0.494 e. The van der Waals surface area contributed by atoms with Gasteiger partial charge < -0.3 is 23.7 Å². The van der Waals surface area contributed by atoms with Crippen LogP contribution in [0.15, 0.2) is 30.6 Å². The lowest BCUT2D eigenvalue weighted by Crippen LogP contribution is -2.33. The van der Waals surface area contributed by atoms with Crippen molar-refractivity contribution in [3.63, 3.8) is 0 Å². The highest BCUT2D eigenvalue weighted by molar-refractivity contribution is 6.62. The summed E-state index contributed by atoms with van der Waals surface area (Å²) in [5.74, 6) is 0.365. The van der Waals surface area contributed by atoms with Crippen LogP contribution in [-0.4, -0.2) is 62.3 Å². The predicted molar refractivity (Wildman–Crippen MR) is 99.2 cm³/mol. The fourth-order valence-electron chi connectivity index (χ4n) is 2.66. The predicted octanol–water partition coefficient (Wildman–Crippen LogP) is 1.25. The molecule has 0 bridgehead atoms. The number of esters is 1. The van der Waals surface area contributed by atoms with Gasteiger partial charge in [-0.15, -0.1) is 0 Å². The zero-order chi connectivity index (χ0) is 19.2. The molecule has 3 rings (SSSR count). The molecule has 1 aromatic heterocycles. The number of ether oxygens (including phenoxy) is 2. The Morgan fingerprint density at radius 2 is 2.15 bits per heavy atom. The molecule has 0 aliphatic carbocycles. The number of methoxy groups -OCH3 is 1. The maximum atomic E-state index is 11.4. The van der Waals surface area contributed by atoms with Gasteiger partial charge in [-0.05, 0) is 50.2 Å². The fraction of sp³-hybridized carbons (Fsp3) is 0.389. The Hall–Kier alpha value is -2.49. The number of hydrogen-bond donors (Lipinski definition) is 0. The summed E-state index contributed by atoms with van der Waals surface area (Å²) in [6.45, 7) is 2.09. The van der Waals surface area contributed by atoms with E-state index in [4.69, 9.17) is 14.0 Å². The molecule has 0 radical (unpaired) electrons. The standard InChI is InChI=1S/C18H22BN3O5/c1-22(2)7-4-8-25-19-15-6-5-14(9-13(15)12-26-19)27-17-11-20-16(10-21-17)18(23)24-3/h5-6,9-11H,4,7-8,12H2,1-3H3. The molecule has 0 saturated carbocycles. The molecule has 1 aliphatic rings. The average Bonchev–Trinajstić information content (AvgIpc) is 3.07. The SMILES string of the molecule is COC(=O)c1cnc(Oc2ccc3c(c2)COB3OCCCN(C)C)cn1. The Morgan fingerprint density at radius 1 is 1.30 bits per heavy atom. The van der Waals surface area contributed by atoms with Crippen molar-refractivity contribution in [2.24, 2.45) is 0 Å². The Morgan fingerprint density at radius 3 is 2.85 bits per heavy atom. The normalized spacial score (nSPS) is 13.0. The summed E-state index contributed by atoms with van der Waals surface area (Å²) in [6, 6.07) is 5.67. The minimum atomic E-state index is -0.541. The van der Waals surface area contributed by atoms with E-state index in [1.165, 1.54) is 19.5 Å². The lowest BCUT2D eigenvalue weighted by Gasteiger charge is -2.11. The smallest absolute Gasteiger partial charge is 0.464 e. The van der Waals surface area contributed by atoms with E-state index in [1.54, 1.807) is 0 Å². The molecule has 0 spiro atoms. The second kappa shape index (κ2) is 8.94. The second-order valence-corrected chi connectivity index (χ2v) is 6.36. The number of carbonyl (C=O) groups is 1. The third-order valence-corrected chi connectivity index (χ3v) is 4.02. The van der Waals surface area contributed by atoms with Gasteiger partial charge in [0, 0.05) is 6.61 Å². The van der Waals surface area contributed by atoms with Gasteiger partial charge in [0.15, 0.2) is 5.69 Å². The summed E-state index contributed by atoms with van der Waals surface area (Å²) in [4.78, 5) is 21.5. The van der Waals surface area contributed by atoms with Crippen LogP contribution in [0.2, 0.25) is 0 Å². The van der Waals surface area contributed by atoms with Crippen molar-refractivity contribution in [2.75, 3.05) is 34.4 Å². The number of benzene rings is 1.